The third kappa shape index (κ3) is 2.87. The van der Waals surface area contributed by atoms with Gasteiger partial charge < -0.3 is 19.3 Å². The van der Waals surface area contributed by atoms with Gasteiger partial charge in [0.1, 0.15) is 6.10 Å². The van der Waals surface area contributed by atoms with Crippen molar-refractivity contribution in [1.29, 1.82) is 0 Å². The summed E-state index contributed by atoms with van der Waals surface area (Å²) in [4.78, 5) is 14.4. The zero-order valence-electron chi connectivity index (χ0n) is 15.2. The van der Waals surface area contributed by atoms with E-state index in [2.05, 4.69) is 35.9 Å². The van der Waals surface area contributed by atoms with Gasteiger partial charge in [0.15, 0.2) is 0 Å². The predicted molar refractivity (Wildman–Crippen MR) is 102 cm³/mol. The van der Waals surface area contributed by atoms with E-state index in [1.807, 2.05) is 25.1 Å². The minimum atomic E-state index is -0.598. The molecule has 0 bridgehead atoms. The number of β-amino-alcohol motifs (C(OH)–C–C–N with tert-alkyl or cyclic N) is 1. The number of aliphatic hydroxyl groups excluding tert-OH is 1. The van der Waals surface area contributed by atoms with Gasteiger partial charge in [-0.1, -0.05) is 24.3 Å². The molecule has 136 valence electrons. The molecule has 1 fully saturated rings. The van der Waals surface area contributed by atoms with Crippen LogP contribution in [0.5, 0.6) is 0 Å². The molecule has 0 aliphatic carbocycles. The maximum Gasteiger partial charge on any atom is 0.227 e. The monoisotopic (exact) mass is 352 g/mol. The van der Waals surface area contributed by atoms with E-state index in [0.29, 0.717) is 26.1 Å². The van der Waals surface area contributed by atoms with Gasteiger partial charge in [-0.2, -0.15) is 0 Å². The number of aromatic nitrogens is 1. The lowest BCUT2D eigenvalue weighted by Crippen LogP contribution is -2.31. The highest BCUT2D eigenvalue weighted by Crippen LogP contribution is 2.29. The zero-order chi connectivity index (χ0) is 18.3. The van der Waals surface area contributed by atoms with Crippen molar-refractivity contribution in [2.75, 3.05) is 19.7 Å². The van der Waals surface area contributed by atoms with Crippen LogP contribution in [0.3, 0.4) is 0 Å². The van der Waals surface area contributed by atoms with Crippen molar-refractivity contribution in [2.45, 2.75) is 25.6 Å². The van der Waals surface area contributed by atoms with Crippen LogP contribution < -0.4 is 0 Å². The van der Waals surface area contributed by atoms with E-state index < -0.39 is 6.10 Å². The average Bonchev–Trinajstić information content (AvgIpc) is 3.15. The maximum atomic E-state index is 12.7. The summed E-state index contributed by atoms with van der Waals surface area (Å²) in [5.41, 5.74) is 3.34. The van der Waals surface area contributed by atoms with E-state index in [9.17, 15) is 9.90 Å². The summed E-state index contributed by atoms with van der Waals surface area (Å²) >= 11 is 0. The lowest BCUT2D eigenvalue weighted by Gasteiger charge is -2.16. The second kappa shape index (κ2) is 6.74. The van der Waals surface area contributed by atoms with Crippen LogP contribution in [-0.4, -0.2) is 52.4 Å². The standard InChI is InChI=1S/C21H24N2O3/c1-3-26-20-13-23(12-19(20)24)21(25)11-14-8-9-18-16(10-14)15-6-4-5-7-17(15)22(18)2/h4-10,19-20,24H,3,11-13H2,1-2H3. The number of hydrogen-bond acceptors (Lipinski definition) is 3. The number of ether oxygens (including phenoxy) is 1. The third-order valence-electron chi connectivity index (χ3n) is 5.30. The molecular weight excluding hydrogens is 328 g/mol. The first kappa shape index (κ1) is 17.1. The number of para-hydroxylation sites is 1. The summed E-state index contributed by atoms with van der Waals surface area (Å²) in [7, 11) is 2.06. The van der Waals surface area contributed by atoms with E-state index >= 15 is 0 Å². The number of carbonyl (C=O) groups is 1. The van der Waals surface area contributed by atoms with Crippen molar-refractivity contribution in [2.24, 2.45) is 7.05 Å². The predicted octanol–water partition coefficient (Wildman–Crippen LogP) is 2.48. The van der Waals surface area contributed by atoms with Gasteiger partial charge in [0.25, 0.3) is 0 Å². The lowest BCUT2D eigenvalue weighted by atomic mass is 10.1. The Bertz CT molecular complexity index is 962. The van der Waals surface area contributed by atoms with Gasteiger partial charge in [-0.25, -0.2) is 0 Å². The molecule has 0 spiro atoms. The van der Waals surface area contributed by atoms with Crippen LogP contribution in [0.4, 0.5) is 0 Å². The second-order valence-corrected chi connectivity index (χ2v) is 6.96. The Morgan fingerprint density at radius 1 is 1.15 bits per heavy atom. The van der Waals surface area contributed by atoms with E-state index in [0.717, 1.165) is 11.1 Å². The highest BCUT2D eigenvalue weighted by atomic mass is 16.5. The van der Waals surface area contributed by atoms with Gasteiger partial charge in [-0.05, 0) is 30.7 Å². The number of aliphatic hydroxyl groups is 1. The number of aryl methyl sites for hydroxylation is 1. The van der Waals surface area contributed by atoms with Gasteiger partial charge in [0.2, 0.25) is 5.91 Å². The number of amides is 1. The molecule has 5 nitrogen and oxygen atoms in total. The van der Waals surface area contributed by atoms with E-state index in [1.54, 1.807) is 4.90 Å². The van der Waals surface area contributed by atoms with Crippen molar-refractivity contribution in [1.82, 2.24) is 9.47 Å². The fourth-order valence-electron chi connectivity index (χ4n) is 3.95. The van der Waals surface area contributed by atoms with Gasteiger partial charge >= 0.3 is 0 Å². The zero-order valence-corrected chi connectivity index (χ0v) is 15.2. The van der Waals surface area contributed by atoms with Crippen LogP contribution in [0.2, 0.25) is 0 Å². The normalized spacial score (nSPS) is 20.3. The molecule has 26 heavy (non-hydrogen) atoms. The molecule has 1 aromatic heterocycles. The molecule has 2 aromatic carbocycles. The quantitative estimate of drug-likeness (QED) is 0.785. The summed E-state index contributed by atoms with van der Waals surface area (Å²) in [6.07, 6.45) is -0.533. The lowest BCUT2D eigenvalue weighted by molar-refractivity contribution is -0.130. The average molecular weight is 352 g/mol. The Kier molecular flexibility index (Phi) is 4.42. The fraction of sp³-hybridized carbons (Fsp3) is 0.381. The Labute approximate surface area is 152 Å². The number of hydrogen-bond donors (Lipinski definition) is 1. The summed E-state index contributed by atoms with van der Waals surface area (Å²) in [5, 5.41) is 12.4. The minimum Gasteiger partial charge on any atom is -0.388 e. The van der Waals surface area contributed by atoms with Crippen LogP contribution in [0, 0.1) is 0 Å². The molecule has 1 N–H and O–H groups in total. The maximum absolute atomic E-state index is 12.7. The largest absolute Gasteiger partial charge is 0.388 e. The molecule has 3 aromatic rings. The molecular formula is C21H24N2O3. The number of carbonyl (C=O) groups excluding carboxylic acids is 1. The smallest absolute Gasteiger partial charge is 0.227 e. The number of nitrogens with zero attached hydrogens (tertiary/aromatic N) is 2. The Hall–Kier alpha value is -2.37. The van der Waals surface area contributed by atoms with Crippen LogP contribution >= 0.6 is 0 Å². The first-order valence-electron chi connectivity index (χ1n) is 9.12. The molecule has 1 amide bonds. The second-order valence-electron chi connectivity index (χ2n) is 6.96. The molecule has 1 aliphatic rings. The topological polar surface area (TPSA) is 54.7 Å². The summed E-state index contributed by atoms with van der Waals surface area (Å²) in [5.74, 6) is 0.0332. The summed E-state index contributed by atoms with van der Waals surface area (Å²) < 4.78 is 7.69. The first-order chi connectivity index (χ1) is 12.6. The Morgan fingerprint density at radius 3 is 2.73 bits per heavy atom. The van der Waals surface area contributed by atoms with Crippen molar-refractivity contribution >= 4 is 27.7 Å². The van der Waals surface area contributed by atoms with Gasteiger partial charge in [-0.15, -0.1) is 0 Å². The van der Waals surface area contributed by atoms with Crippen LogP contribution in [0.1, 0.15) is 12.5 Å². The molecule has 2 heterocycles. The van der Waals surface area contributed by atoms with Crippen LogP contribution in [0.15, 0.2) is 42.5 Å². The molecule has 2 unspecified atom stereocenters. The molecule has 5 heteroatoms. The number of fused-ring (bicyclic) bond motifs is 3. The van der Waals surface area contributed by atoms with Gasteiger partial charge in [-0.3, -0.25) is 4.79 Å². The summed E-state index contributed by atoms with van der Waals surface area (Å²) in [6.45, 7) is 3.25. The molecule has 1 aliphatic heterocycles. The van der Waals surface area contributed by atoms with Gasteiger partial charge in [0.05, 0.1) is 12.5 Å². The first-order valence-corrected chi connectivity index (χ1v) is 9.12. The van der Waals surface area contributed by atoms with E-state index in [-0.39, 0.29) is 12.0 Å². The minimum absolute atomic E-state index is 0.0332. The third-order valence-corrected chi connectivity index (χ3v) is 5.30. The number of rotatable bonds is 4. The van der Waals surface area contributed by atoms with E-state index in [1.165, 1.54) is 16.3 Å². The van der Waals surface area contributed by atoms with E-state index in [4.69, 9.17) is 4.74 Å². The molecule has 1 saturated heterocycles. The van der Waals surface area contributed by atoms with Crippen LogP contribution in [0.25, 0.3) is 21.8 Å². The van der Waals surface area contributed by atoms with Crippen molar-refractivity contribution < 1.29 is 14.6 Å². The van der Waals surface area contributed by atoms with Crippen LogP contribution in [-0.2, 0) is 23.0 Å². The molecule has 0 saturated carbocycles. The molecule has 2 atom stereocenters. The van der Waals surface area contributed by atoms with Crippen molar-refractivity contribution in [3.63, 3.8) is 0 Å². The number of likely N-dealkylation sites (tertiary alicyclic amines) is 1. The molecule has 0 radical (unpaired) electrons. The highest BCUT2D eigenvalue weighted by molar-refractivity contribution is 6.08. The fourth-order valence-corrected chi connectivity index (χ4v) is 3.95. The van der Waals surface area contributed by atoms with Crippen molar-refractivity contribution in [3.05, 3.63) is 48.0 Å². The summed E-state index contributed by atoms with van der Waals surface area (Å²) in [6, 6.07) is 14.5. The number of benzene rings is 2. The van der Waals surface area contributed by atoms with Gasteiger partial charge in [0, 0.05) is 48.5 Å². The Morgan fingerprint density at radius 2 is 1.92 bits per heavy atom. The Balaban J connectivity index is 1.58. The van der Waals surface area contributed by atoms with Crippen molar-refractivity contribution in [3.8, 4) is 0 Å². The SMILES string of the molecule is CCOC1CN(C(=O)Cc2ccc3c(c2)c2ccccc2n3C)CC1O. The highest BCUT2D eigenvalue weighted by Gasteiger charge is 2.34. The molecule has 4 rings (SSSR count).